The third-order valence-electron chi connectivity index (χ3n) is 12.1. The van der Waals surface area contributed by atoms with Crippen molar-refractivity contribution in [1.29, 1.82) is 0 Å². The van der Waals surface area contributed by atoms with Crippen LogP contribution in [0.5, 0.6) is 0 Å². The van der Waals surface area contributed by atoms with E-state index in [4.69, 9.17) is 5.73 Å². The van der Waals surface area contributed by atoms with Crippen molar-refractivity contribution in [3.63, 3.8) is 0 Å². The maximum absolute atomic E-state index is 10.8. The summed E-state index contributed by atoms with van der Waals surface area (Å²) in [4.78, 5) is 0. The van der Waals surface area contributed by atoms with Crippen LogP contribution in [0.15, 0.2) is 11.1 Å². The van der Waals surface area contributed by atoms with Crippen molar-refractivity contribution in [3.05, 3.63) is 11.1 Å². The molecule has 2 fully saturated rings. The lowest BCUT2D eigenvalue weighted by molar-refractivity contribution is -0.0966. The second kappa shape index (κ2) is 8.11. The Balaban J connectivity index is 1.67. The molecule has 0 spiro atoms. The highest BCUT2D eigenvalue weighted by Gasteiger charge is 2.65. The highest BCUT2D eigenvalue weighted by atomic mass is 16.3. The van der Waals surface area contributed by atoms with Gasteiger partial charge in [-0.2, -0.15) is 0 Å². The number of aliphatic hydroxyl groups excluding tert-OH is 1. The van der Waals surface area contributed by atoms with E-state index >= 15 is 0 Å². The summed E-state index contributed by atoms with van der Waals surface area (Å²) in [5, 5.41) is 10.8. The quantitative estimate of drug-likeness (QED) is 0.432. The number of hydrogen-bond donors (Lipinski definition) is 2. The first-order valence-electron chi connectivity index (χ1n) is 14.0. The van der Waals surface area contributed by atoms with E-state index in [0.717, 1.165) is 30.6 Å². The van der Waals surface area contributed by atoms with E-state index in [0.29, 0.717) is 11.3 Å². The van der Waals surface area contributed by atoms with Crippen LogP contribution < -0.4 is 5.73 Å². The SMILES string of the molecule is CC(C)CCC[C@@H](C)[C@H]1C[C@H](N)[C@@]2(C)C3=C(CC[C@]12C)[C@@]1(C)CC[C@H](O)C(C)(C)[C@@H]1CC3. The molecule has 4 aliphatic rings. The predicted molar refractivity (Wildman–Crippen MR) is 136 cm³/mol. The number of allylic oxidation sites excluding steroid dienone is 1. The molecule has 3 N–H and O–H groups in total. The molecule has 0 aromatic rings. The first kappa shape index (κ1) is 24.8. The van der Waals surface area contributed by atoms with Crippen molar-refractivity contribution in [3.8, 4) is 0 Å². The van der Waals surface area contributed by atoms with Gasteiger partial charge in [-0.3, -0.25) is 0 Å². The van der Waals surface area contributed by atoms with Gasteiger partial charge in [0.25, 0.3) is 0 Å². The highest BCUT2D eigenvalue weighted by Crippen LogP contribution is 2.72. The van der Waals surface area contributed by atoms with Gasteiger partial charge in [-0.25, -0.2) is 0 Å². The normalized spacial score (nSPS) is 46.6. The van der Waals surface area contributed by atoms with E-state index in [1.54, 1.807) is 11.1 Å². The number of fused-ring (bicyclic) bond motifs is 4. The molecule has 2 nitrogen and oxygen atoms in total. The largest absolute Gasteiger partial charge is 0.393 e. The maximum Gasteiger partial charge on any atom is 0.0594 e. The average Bonchev–Trinajstić information content (AvgIpc) is 2.92. The zero-order valence-corrected chi connectivity index (χ0v) is 22.6. The highest BCUT2D eigenvalue weighted by molar-refractivity contribution is 5.40. The zero-order valence-electron chi connectivity index (χ0n) is 22.6. The minimum atomic E-state index is -0.156. The van der Waals surface area contributed by atoms with Gasteiger partial charge < -0.3 is 10.8 Å². The van der Waals surface area contributed by atoms with Gasteiger partial charge in [0.2, 0.25) is 0 Å². The lowest BCUT2D eigenvalue weighted by Gasteiger charge is -2.62. The minimum absolute atomic E-state index is 0.0123. The van der Waals surface area contributed by atoms with Crippen molar-refractivity contribution < 1.29 is 5.11 Å². The first-order chi connectivity index (χ1) is 14.8. The molecule has 0 unspecified atom stereocenters. The third kappa shape index (κ3) is 3.32. The van der Waals surface area contributed by atoms with E-state index in [1.807, 2.05) is 0 Å². The third-order valence-corrected chi connectivity index (χ3v) is 12.1. The summed E-state index contributed by atoms with van der Waals surface area (Å²) in [6.45, 7) is 19.6. The lowest BCUT2D eigenvalue weighted by Crippen LogP contribution is -2.56. The molecule has 0 bridgehead atoms. The monoisotopic (exact) mass is 443 g/mol. The van der Waals surface area contributed by atoms with Crippen LogP contribution in [0.4, 0.5) is 0 Å². The fourth-order valence-corrected chi connectivity index (χ4v) is 9.77. The zero-order chi connectivity index (χ0) is 23.7. The van der Waals surface area contributed by atoms with E-state index in [-0.39, 0.29) is 28.4 Å². The van der Waals surface area contributed by atoms with Crippen LogP contribution in [0.3, 0.4) is 0 Å². The Morgan fingerprint density at radius 2 is 1.62 bits per heavy atom. The van der Waals surface area contributed by atoms with Crippen LogP contribution in [0.25, 0.3) is 0 Å². The molecule has 0 aromatic carbocycles. The van der Waals surface area contributed by atoms with Gasteiger partial charge in [-0.1, -0.05) is 85.8 Å². The van der Waals surface area contributed by atoms with Gasteiger partial charge in [0.05, 0.1) is 6.10 Å². The number of nitrogens with two attached hydrogens (primary N) is 1. The second-order valence-corrected chi connectivity index (χ2v) is 14.2. The summed E-state index contributed by atoms with van der Waals surface area (Å²) in [5.41, 5.74) is 11.4. The molecule has 0 amide bonds. The van der Waals surface area contributed by atoms with Crippen molar-refractivity contribution in [2.45, 2.75) is 132 Å². The molecule has 2 heteroatoms. The van der Waals surface area contributed by atoms with Crippen LogP contribution >= 0.6 is 0 Å². The Bertz CT molecular complexity index is 752. The Kier molecular flexibility index (Phi) is 6.28. The Labute approximate surface area is 199 Å². The number of rotatable bonds is 5. The van der Waals surface area contributed by atoms with Crippen LogP contribution in [0, 0.1) is 45.3 Å². The van der Waals surface area contributed by atoms with E-state index in [1.165, 1.54) is 51.4 Å². The van der Waals surface area contributed by atoms with Crippen LogP contribution in [0.1, 0.15) is 120 Å². The fraction of sp³-hybridized carbons (Fsp3) is 0.933. The standard InChI is InChI=1S/C30H53NO/c1-19(2)10-9-11-20(3)23-18-25(31)30(8)22-12-13-24-27(4,5)26(32)15-16-28(24,6)21(22)14-17-29(23,30)7/h19-20,23-26,32H,9-18,31H2,1-8H3/t20-,23-,24+,25+,26+,28-,29-,30-/m1/s1. The predicted octanol–water partition coefficient (Wildman–Crippen LogP) is 7.50. The summed E-state index contributed by atoms with van der Waals surface area (Å²) < 4.78 is 0. The van der Waals surface area contributed by atoms with E-state index in [2.05, 4.69) is 55.4 Å². The van der Waals surface area contributed by atoms with E-state index in [9.17, 15) is 5.11 Å². The molecular formula is C30H53NO. The average molecular weight is 444 g/mol. The van der Waals surface area contributed by atoms with Crippen LogP contribution in [-0.2, 0) is 0 Å². The molecule has 0 aliphatic heterocycles. The molecule has 32 heavy (non-hydrogen) atoms. The molecule has 0 heterocycles. The summed E-state index contributed by atoms with van der Waals surface area (Å²) in [6.07, 6.45) is 12.2. The van der Waals surface area contributed by atoms with Crippen molar-refractivity contribution in [1.82, 2.24) is 0 Å². The van der Waals surface area contributed by atoms with Gasteiger partial charge in [-0.15, -0.1) is 0 Å². The second-order valence-electron chi connectivity index (χ2n) is 14.2. The molecule has 8 atom stereocenters. The molecule has 2 saturated carbocycles. The minimum Gasteiger partial charge on any atom is -0.393 e. The summed E-state index contributed by atoms with van der Waals surface area (Å²) >= 11 is 0. The summed E-state index contributed by atoms with van der Waals surface area (Å²) in [7, 11) is 0. The van der Waals surface area contributed by atoms with Crippen LogP contribution in [-0.4, -0.2) is 17.3 Å². The Morgan fingerprint density at radius 1 is 0.938 bits per heavy atom. The lowest BCUT2D eigenvalue weighted by atomic mass is 9.43. The van der Waals surface area contributed by atoms with E-state index < -0.39 is 0 Å². The van der Waals surface area contributed by atoms with Crippen molar-refractivity contribution in [2.75, 3.05) is 0 Å². The first-order valence-corrected chi connectivity index (χ1v) is 14.0. The van der Waals surface area contributed by atoms with Gasteiger partial charge in [-0.05, 0) is 84.9 Å². The molecule has 184 valence electrons. The maximum atomic E-state index is 10.8. The molecule has 4 aliphatic carbocycles. The molecule has 0 radical (unpaired) electrons. The number of aliphatic hydroxyl groups is 1. The molecular weight excluding hydrogens is 390 g/mol. The molecule has 0 aromatic heterocycles. The van der Waals surface area contributed by atoms with Gasteiger partial charge in [0.1, 0.15) is 0 Å². The summed E-state index contributed by atoms with van der Waals surface area (Å²) in [5.74, 6) is 2.92. The van der Waals surface area contributed by atoms with Gasteiger partial charge >= 0.3 is 0 Å². The topological polar surface area (TPSA) is 46.2 Å². The summed E-state index contributed by atoms with van der Waals surface area (Å²) in [6, 6.07) is 0.290. The van der Waals surface area contributed by atoms with Crippen molar-refractivity contribution >= 4 is 0 Å². The fourth-order valence-electron chi connectivity index (χ4n) is 9.77. The Morgan fingerprint density at radius 3 is 2.28 bits per heavy atom. The number of hydrogen-bond acceptors (Lipinski definition) is 2. The molecule has 0 saturated heterocycles. The van der Waals surface area contributed by atoms with Crippen LogP contribution in [0.2, 0.25) is 0 Å². The molecule has 4 rings (SSSR count). The van der Waals surface area contributed by atoms with Gasteiger partial charge in [0.15, 0.2) is 0 Å². The smallest absolute Gasteiger partial charge is 0.0594 e. The van der Waals surface area contributed by atoms with Gasteiger partial charge in [0, 0.05) is 11.5 Å². The Hall–Kier alpha value is -0.340. The van der Waals surface area contributed by atoms with Crippen molar-refractivity contribution in [2.24, 2.45) is 51.1 Å².